The number of likely N-dealkylation sites (N-methyl/N-ethyl adjacent to an activating group) is 1. The van der Waals surface area contributed by atoms with E-state index in [9.17, 15) is 9.90 Å². The van der Waals surface area contributed by atoms with Crippen LogP contribution in [0, 0.1) is 0 Å². The van der Waals surface area contributed by atoms with Gasteiger partial charge >= 0.3 is 0 Å². The van der Waals surface area contributed by atoms with Gasteiger partial charge in [0.15, 0.2) is 0 Å². The van der Waals surface area contributed by atoms with Crippen molar-refractivity contribution in [2.75, 3.05) is 20.2 Å². The zero-order valence-electron chi connectivity index (χ0n) is 8.81. The summed E-state index contributed by atoms with van der Waals surface area (Å²) in [6.45, 7) is 0.379. The first kappa shape index (κ1) is 11.5. The predicted molar refractivity (Wildman–Crippen MR) is 55.0 cm³/mol. The van der Waals surface area contributed by atoms with Gasteiger partial charge in [-0.05, 0) is 19.9 Å². The second-order valence-corrected chi connectivity index (χ2v) is 4.08. The van der Waals surface area contributed by atoms with E-state index >= 15 is 0 Å². The number of carbonyl (C=O) groups excluding carboxylic acids is 1. The van der Waals surface area contributed by atoms with Crippen molar-refractivity contribution in [2.24, 2.45) is 0 Å². The lowest BCUT2D eigenvalue weighted by Gasteiger charge is -2.36. The molecule has 14 heavy (non-hydrogen) atoms. The van der Waals surface area contributed by atoms with Gasteiger partial charge in [-0.1, -0.05) is 19.3 Å². The van der Waals surface area contributed by atoms with E-state index in [0.29, 0.717) is 6.54 Å². The molecule has 0 bridgehead atoms. The molecule has 0 aliphatic heterocycles. The molecule has 0 radical (unpaired) electrons. The van der Waals surface area contributed by atoms with E-state index < -0.39 is 0 Å². The van der Waals surface area contributed by atoms with Crippen LogP contribution in [-0.4, -0.2) is 36.8 Å². The van der Waals surface area contributed by atoms with E-state index in [-0.39, 0.29) is 18.1 Å². The van der Waals surface area contributed by atoms with Crippen molar-refractivity contribution in [2.45, 2.75) is 37.6 Å². The van der Waals surface area contributed by atoms with Crippen LogP contribution in [0.3, 0.4) is 0 Å². The molecule has 0 unspecified atom stereocenters. The standard InChI is InChI=1S/C10H20N2O2/c1-11-7-9(14)12-10(8-13)5-3-2-4-6-10/h11,13H,2-8H2,1H3,(H,12,14). The molecule has 4 nitrogen and oxygen atoms in total. The van der Waals surface area contributed by atoms with Crippen LogP contribution < -0.4 is 10.6 Å². The Bertz CT molecular complexity index is 189. The molecule has 1 saturated carbocycles. The Balaban J connectivity index is 2.47. The largest absolute Gasteiger partial charge is 0.394 e. The summed E-state index contributed by atoms with van der Waals surface area (Å²) in [6.07, 6.45) is 5.21. The molecule has 1 fully saturated rings. The smallest absolute Gasteiger partial charge is 0.234 e. The van der Waals surface area contributed by atoms with E-state index in [1.165, 1.54) is 6.42 Å². The van der Waals surface area contributed by atoms with E-state index in [1.807, 2.05) is 0 Å². The lowest BCUT2D eigenvalue weighted by molar-refractivity contribution is -0.123. The first-order valence-corrected chi connectivity index (χ1v) is 5.29. The molecule has 0 aromatic carbocycles. The van der Waals surface area contributed by atoms with Crippen LogP contribution in [0.5, 0.6) is 0 Å². The van der Waals surface area contributed by atoms with Crippen LogP contribution >= 0.6 is 0 Å². The van der Waals surface area contributed by atoms with Gasteiger partial charge in [0.2, 0.25) is 5.91 Å². The Morgan fingerprint density at radius 2 is 2.00 bits per heavy atom. The van der Waals surface area contributed by atoms with Gasteiger partial charge in [-0.25, -0.2) is 0 Å². The molecule has 1 aliphatic rings. The third-order valence-corrected chi connectivity index (χ3v) is 2.86. The van der Waals surface area contributed by atoms with Gasteiger partial charge in [-0.2, -0.15) is 0 Å². The highest BCUT2D eigenvalue weighted by Gasteiger charge is 2.32. The number of nitrogens with one attached hydrogen (secondary N) is 2. The summed E-state index contributed by atoms with van der Waals surface area (Å²) in [6, 6.07) is 0. The quantitative estimate of drug-likeness (QED) is 0.599. The van der Waals surface area contributed by atoms with Crippen LogP contribution in [-0.2, 0) is 4.79 Å². The van der Waals surface area contributed by atoms with Crippen LogP contribution in [0.25, 0.3) is 0 Å². The van der Waals surface area contributed by atoms with Crippen molar-refractivity contribution in [1.29, 1.82) is 0 Å². The summed E-state index contributed by atoms with van der Waals surface area (Å²) in [7, 11) is 1.74. The molecular weight excluding hydrogens is 180 g/mol. The molecule has 0 aromatic rings. The van der Waals surface area contributed by atoms with Crippen LogP contribution in [0.1, 0.15) is 32.1 Å². The topological polar surface area (TPSA) is 61.4 Å². The normalized spacial score (nSPS) is 20.4. The SMILES string of the molecule is CNCC(=O)NC1(CO)CCCCC1. The molecule has 1 aliphatic carbocycles. The average Bonchev–Trinajstić information content (AvgIpc) is 2.19. The van der Waals surface area contributed by atoms with E-state index in [4.69, 9.17) is 0 Å². The molecule has 0 spiro atoms. The molecule has 0 atom stereocenters. The average molecular weight is 200 g/mol. The Morgan fingerprint density at radius 1 is 1.36 bits per heavy atom. The highest BCUT2D eigenvalue weighted by atomic mass is 16.3. The zero-order chi connectivity index (χ0) is 10.4. The molecule has 0 aromatic heterocycles. The molecular formula is C10H20N2O2. The van der Waals surface area contributed by atoms with Crippen LogP contribution in [0.4, 0.5) is 0 Å². The van der Waals surface area contributed by atoms with E-state index in [2.05, 4.69) is 10.6 Å². The summed E-state index contributed by atoms with van der Waals surface area (Å²) in [5, 5.41) is 15.1. The van der Waals surface area contributed by atoms with Gasteiger partial charge in [-0.15, -0.1) is 0 Å². The van der Waals surface area contributed by atoms with Crippen LogP contribution in [0.15, 0.2) is 0 Å². The minimum absolute atomic E-state index is 0.0246. The maximum atomic E-state index is 11.4. The maximum Gasteiger partial charge on any atom is 0.234 e. The van der Waals surface area contributed by atoms with Crippen molar-refractivity contribution < 1.29 is 9.90 Å². The van der Waals surface area contributed by atoms with Crippen molar-refractivity contribution in [1.82, 2.24) is 10.6 Å². The fourth-order valence-corrected chi connectivity index (χ4v) is 2.05. The Labute approximate surface area is 85.1 Å². The Kier molecular flexibility index (Phi) is 4.35. The molecule has 1 rings (SSSR count). The monoisotopic (exact) mass is 200 g/mol. The van der Waals surface area contributed by atoms with Gasteiger partial charge in [0.05, 0.1) is 18.7 Å². The number of hydrogen-bond donors (Lipinski definition) is 3. The third kappa shape index (κ3) is 2.96. The number of aliphatic hydroxyl groups excluding tert-OH is 1. The second kappa shape index (κ2) is 5.32. The summed E-state index contributed by atoms with van der Waals surface area (Å²) in [4.78, 5) is 11.4. The van der Waals surface area contributed by atoms with Gasteiger partial charge in [-0.3, -0.25) is 4.79 Å². The minimum Gasteiger partial charge on any atom is -0.394 e. The van der Waals surface area contributed by atoms with Gasteiger partial charge in [0, 0.05) is 0 Å². The number of carbonyl (C=O) groups is 1. The lowest BCUT2D eigenvalue weighted by Crippen LogP contribution is -2.54. The van der Waals surface area contributed by atoms with Gasteiger partial charge in [0.25, 0.3) is 0 Å². The number of aliphatic hydroxyl groups is 1. The first-order chi connectivity index (χ1) is 6.72. The molecule has 3 N–H and O–H groups in total. The number of amides is 1. The Morgan fingerprint density at radius 3 is 2.50 bits per heavy atom. The Hall–Kier alpha value is -0.610. The van der Waals surface area contributed by atoms with E-state index in [1.54, 1.807) is 7.05 Å². The van der Waals surface area contributed by atoms with Crippen LogP contribution in [0.2, 0.25) is 0 Å². The fraction of sp³-hybridized carbons (Fsp3) is 0.900. The third-order valence-electron chi connectivity index (χ3n) is 2.86. The maximum absolute atomic E-state index is 11.4. The van der Waals surface area contributed by atoms with Crippen molar-refractivity contribution in [3.63, 3.8) is 0 Å². The predicted octanol–water partition coefficient (Wildman–Crippen LogP) is 0.0172. The molecule has 0 heterocycles. The fourth-order valence-electron chi connectivity index (χ4n) is 2.05. The summed E-state index contributed by atoms with van der Waals surface area (Å²) in [5.41, 5.74) is -0.341. The minimum atomic E-state index is -0.341. The number of hydrogen-bond acceptors (Lipinski definition) is 3. The number of rotatable bonds is 4. The highest BCUT2D eigenvalue weighted by molar-refractivity contribution is 5.78. The molecule has 1 amide bonds. The highest BCUT2D eigenvalue weighted by Crippen LogP contribution is 2.27. The lowest BCUT2D eigenvalue weighted by atomic mass is 9.82. The summed E-state index contributed by atoms with van der Waals surface area (Å²) >= 11 is 0. The first-order valence-electron chi connectivity index (χ1n) is 5.29. The van der Waals surface area contributed by atoms with Gasteiger partial charge < -0.3 is 15.7 Å². The molecule has 4 heteroatoms. The summed E-state index contributed by atoms with van der Waals surface area (Å²) < 4.78 is 0. The van der Waals surface area contributed by atoms with Gasteiger partial charge in [0.1, 0.15) is 0 Å². The molecule has 82 valence electrons. The van der Waals surface area contributed by atoms with Crippen molar-refractivity contribution >= 4 is 5.91 Å². The second-order valence-electron chi connectivity index (χ2n) is 4.08. The van der Waals surface area contributed by atoms with Crippen molar-refractivity contribution in [3.8, 4) is 0 Å². The summed E-state index contributed by atoms with van der Waals surface area (Å²) in [5.74, 6) is -0.0246. The zero-order valence-corrected chi connectivity index (χ0v) is 8.81. The molecule has 0 saturated heterocycles. The van der Waals surface area contributed by atoms with Crippen molar-refractivity contribution in [3.05, 3.63) is 0 Å². The van der Waals surface area contributed by atoms with E-state index in [0.717, 1.165) is 25.7 Å².